The third-order valence-electron chi connectivity index (χ3n) is 2.08. The summed E-state index contributed by atoms with van der Waals surface area (Å²) in [6.45, 7) is 0. The number of hydrogen-bond donors (Lipinski definition) is 1. The van der Waals surface area contributed by atoms with Crippen molar-refractivity contribution in [1.82, 2.24) is 4.98 Å². The minimum atomic E-state index is -2.00. The van der Waals surface area contributed by atoms with E-state index in [0.29, 0.717) is 16.7 Å². The summed E-state index contributed by atoms with van der Waals surface area (Å²) in [5, 5.41) is 9.45. The quantitative estimate of drug-likeness (QED) is 0.785. The molecule has 1 N–H and O–H groups in total. The second kappa shape index (κ2) is 3.43. The molecule has 1 aromatic heterocycles. The molecular weight excluding hydrogens is 176 g/mol. The van der Waals surface area contributed by atoms with Gasteiger partial charge < -0.3 is 9.72 Å². The van der Waals surface area contributed by atoms with E-state index in [1.807, 2.05) is 0 Å². The summed E-state index contributed by atoms with van der Waals surface area (Å²) >= 11 is 0. The predicted molar refractivity (Wildman–Crippen MR) is 54.2 cm³/mol. The van der Waals surface area contributed by atoms with Gasteiger partial charge in [-0.05, 0) is 23.8 Å². The summed E-state index contributed by atoms with van der Waals surface area (Å²) in [4.78, 5) is 2.93. The van der Waals surface area contributed by atoms with Crippen LogP contribution in [0.25, 0.3) is 10.9 Å². The van der Waals surface area contributed by atoms with E-state index < -0.39 is 6.37 Å². The van der Waals surface area contributed by atoms with Gasteiger partial charge in [-0.25, -0.2) is 0 Å². The van der Waals surface area contributed by atoms with Crippen LogP contribution >= 0.6 is 0 Å². The molecule has 0 spiro atoms. The molecule has 1 heterocycles. The third kappa shape index (κ3) is 1.31. The number of nitrogens with zero attached hydrogens (tertiary/aromatic N) is 1. The van der Waals surface area contributed by atoms with E-state index in [-0.39, 0.29) is 0 Å². The van der Waals surface area contributed by atoms with Crippen molar-refractivity contribution in [3.63, 3.8) is 0 Å². The lowest BCUT2D eigenvalue weighted by molar-refractivity contribution is 0.415. The van der Waals surface area contributed by atoms with Gasteiger partial charge in [-0.2, -0.15) is 5.26 Å². The minimum absolute atomic E-state index is 0.337. The molecule has 0 radical (unpaired) electrons. The first-order valence-electron chi connectivity index (χ1n) is 5.15. The number of fused-ring (bicyclic) bond motifs is 1. The number of aromatic amines is 1. The van der Waals surface area contributed by atoms with Gasteiger partial charge in [0.15, 0.2) is 0 Å². The number of hydrogen-bond acceptors (Lipinski definition) is 2. The molecular formula is C11H10N2O. The highest BCUT2D eigenvalue weighted by atomic mass is 16.5. The zero-order chi connectivity index (χ0) is 11.8. The van der Waals surface area contributed by atoms with Crippen LogP contribution in [0.3, 0.4) is 0 Å². The van der Waals surface area contributed by atoms with Crippen LogP contribution in [0.5, 0.6) is 5.75 Å². The molecule has 0 aliphatic carbocycles. The standard InChI is InChI=1S/C11H10N2O/c1-14-9-2-3-11-10(6-9)8(4-5-12)7-13-11/h2-3,6-7,13H,4H2,1H3/i4D2. The van der Waals surface area contributed by atoms with Gasteiger partial charge in [-0.1, -0.05) is 0 Å². The average molecular weight is 188 g/mol. The van der Waals surface area contributed by atoms with Gasteiger partial charge in [0, 0.05) is 19.8 Å². The Morgan fingerprint density at radius 3 is 3.21 bits per heavy atom. The Hall–Kier alpha value is -1.95. The van der Waals surface area contributed by atoms with E-state index in [9.17, 15) is 0 Å². The zero-order valence-corrected chi connectivity index (χ0v) is 7.66. The Balaban J connectivity index is 2.68. The number of benzene rings is 1. The largest absolute Gasteiger partial charge is 0.497 e. The van der Waals surface area contributed by atoms with Gasteiger partial charge in [0.25, 0.3) is 0 Å². The molecule has 0 aliphatic heterocycles. The minimum Gasteiger partial charge on any atom is -0.497 e. The van der Waals surface area contributed by atoms with Gasteiger partial charge in [-0.3, -0.25) is 0 Å². The van der Waals surface area contributed by atoms with Gasteiger partial charge in [0.05, 0.1) is 19.6 Å². The molecule has 14 heavy (non-hydrogen) atoms. The first-order valence-corrected chi connectivity index (χ1v) is 4.15. The van der Waals surface area contributed by atoms with Crippen LogP contribution in [-0.4, -0.2) is 12.1 Å². The first-order chi connectivity index (χ1) is 7.58. The number of nitriles is 1. The lowest BCUT2D eigenvalue weighted by Gasteiger charge is -1.99. The van der Waals surface area contributed by atoms with Crippen molar-refractivity contribution in [2.45, 2.75) is 6.37 Å². The molecule has 2 rings (SSSR count). The molecule has 0 saturated carbocycles. The maximum atomic E-state index is 8.78. The van der Waals surface area contributed by atoms with Crippen LogP contribution in [0.15, 0.2) is 24.4 Å². The van der Waals surface area contributed by atoms with E-state index in [1.54, 1.807) is 31.4 Å². The second-order valence-corrected chi connectivity index (χ2v) is 2.85. The van der Waals surface area contributed by atoms with Crippen molar-refractivity contribution >= 4 is 10.9 Å². The van der Waals surface area contributed by atoms with E-state index in [1.165, 1.54) is 6.20 Å². The number of nitrogens with one attached hydrogen (secondary N) is 1. The Kier molecular flexibility index (Phi) is 1.59. The second-order valence-electron chi connectivity index (χ2n) is 2.85. The fourth-order valence-corrected chi connectivity index (χ4v) is 1.39. The van der Waals surface area contributed by atoms with Crippen molar-refractivity contribution in [3.8, 4) is 11.8 Å². The summed E-state index contributed by atoms with van der Waals surface area (Å²) in [6, 6.07) is 6.94. The molecule has 3 nitrogen and oxygen atoms in total. The number of methoxy groups -OCH3 is 1. The van der Waals surface area contributed by atoms with Crippen molar-refractivity contribution in [2.24, 2.45) is 0 Å². The molecule has 2 aromatic rings. The number of rotatable bonds is 2. The number of H-pyrrole nitrogens is 1. The average Bonchev–Trinajstić information content (AvgIpc) is 2.72. The maximum absolute atomic E-state index is 8.78. The van der Waals surface area contributed by atoms with Gasteiger partial charge >= 0.3 is 0 Å². The molecule has 0 amide bonds. The Morgan fingerprint density at radius 2 is 2.50 bits per heavy atom. The van der Waals surface area contributed by atoms with Gasteiger partial charge in [0.1, 0.15) is 5.75 Å². The summed E-state index contributed by atoms with van der Waals surface area (Å²) < 4.78 is 20.2. The molecule has 3 heteroatoms. The molecule has 1 aromatic carbocycles. The highest BCUT2D eigenvalue weighted by Crippen LogP contribution is 2.23. The van der Waals surface area contributed by atoms with Crippen LogP contribution in [0.4, 0.5) is 0 Å². The highest BCUT2D eigenvalue weighted by molar-refractivity contribution is 5.84. The van der Waals surface area contributed by atoms with E-state index >= 15 is 0 Å². The summed E-state index contributed by atoms with van der Waals surface area (Å²) in [6.07, 6.45) is -0.474. The third-order valence-corrected chi connectivity index (χ3v) is 2.08. The lowest BCUT2D eigenvalue weighted by atomic mass is 10.1. The topological polar surface area (TPSA) is 48.8 Å². The fourth-order valence-electron chi connectivity index (χ4n) is 1.39. The van der Waals surface area contributed by atoms with E-state index in [4.69, 9.17) is 12.7 Å². The van der Waals surface area contributed by atoms with Crippen LogP contribution in [0, 0.1) is 11.3 Å². The lowest BCUT2D eigenvalue weighted by Crippen LogP contribution is -1.82. The summed E-state index contributed by atoms with van der Waals surface area (Å²) in [5.41, 5.74) is 1.12. The Bertz CT molecular complexity index is 569. The predicted octanol–water partition coefficient (Wildman–Crippen LogP) is 2.24. The zero-order valence-electron chi connectivity index (χ0n) is 9.66. The monoisotopic (exact) mass is 188 g/mol. The van der Waals surface area contributed by atoms with Crippen molar-refractivity contribution < 1.29 is 7.48 Å². The molecule has 0 bridgehead atoms. The molecule has 0 saturated heterocycles. The van der Waals surface area contributed by atoms with Crippen molar-refractivity contribution in [1.29, 1.82) is 5.26 Å². The van der Waals surface area contributed by atoms with E-state index in [2.05, 4.69) is 4.98 Å². The molecule has 70 valence electrons. The van der Waals surface area contributed by atoms with Gasteiger partial charge in [-0.15, -0.1) is 0 Å². The SMILES string of the molecule is [2H]C([2H])(C#N)c1c[nH]c2ccc(OC)cc12. The van der Waals surface area contributed by atoms with Crippen molar-refractivity contribution in [2.75, 3.05) is 7.11 Å². The highest BCUT2D eigenvalue weighted by Gasteiger charge is 2.03. The maximum Gasteiger partial charge on any atom is 0.119 e. The van der Waals surface area contributed by atoms with Crippen LogP contribution < -0.4 is 4.74 Å². The Morgan fingerprint density at radius 1 is 1.64 bits per heavy atom. The summed E-state index contributed by atoms with van der Waals surface area (Å²) in [7, 11) is 1.55. The fraction of sp³-hybridized carbons (Fsp3) is 0.182. The number of aromatic nitrogens is 1. The molecule has 0 unspecified atom stereocenters. The normalized spacial score (nSPS) is 13.1. The molecule has 0 atom stereocenters. The Labute approximate surface area is 84.7 Å². The molecule has 0 fully saturated rings. The van der Waals surface area contributed by atoms with E-state index in [0.717, 1.165) is 5.52 Å². The molecule has 0 aliphatic rings. The number of ether oxygens (including phenoxy) is 1. The summed E-state index contributed by atoms with van der Waals surface area (Å²) in [5.74, 6) is 0.641. The van der Waals surface area contributed by atoms with Crippen LogP contribution in [0.2, 0.25) is 0 Å². The van der Waals surface area contributed by atoms with Crippen molar-refractivity contribution in [3.05, 3.63) is 30.0 Å². The van der Waals surface area contributed by atoms with Crippen LogP contribution in [0.1, 0.15) is 8.30 Å². The van der Waals surface area contributed by atoms with Crippen LogP contribution in [-0.2, 0) is 6.37 Å². The smallest absolute Gasteiger partial charge is 0.119 e. The first kappa shape index (κ1) is 6.50. The van der Waals surface area contributed by atoms with Gasteiger partial charge in [0.2, 0.25) is 0 Å².